The molecule has 27 heavy (non-hydrogen) atoms. The normalized spacial score (nSPS) is 22.8. The topological polar surface area (TPSA) is 58.4 Å². The van der Waals surface area contributed by atoms with Gasteiger partial charge in [-0.25, -0.2) is 4.68 Å². The van der Waals surface area contributed by atoms with Gasteiger partial charge in [0.1, 0.15) is 5.69 Å². The Balaban J connectivity index is 1.39. The summed E-state index contributed by atoms with van der Waals surface area (Å²) >= 11 is 1.60. The van der Waals surface area contributed by atoms with Crippen molar-refractivity contribution in [3.05, 3.63) is 52.2 Å². The van der Waals surface area contributed by atoms with Crippen molar-refractivity contribution in [1.29, 1.82) is 0 Å². The summed E-state index contributed by atoms with van der Waals surface area (Å²) in [6, 6.07) is 7.28. The van der Waals surface area contributed by atoms with E-state index < -0.39 is 5.60 Å². The van der Waals surface area contributed by atoms with Crippen LogP contribution in [0.1, 0.15) is 32.1 Å². The van der Waals surface area contributed by atoms with Crippen LogP contribution in [0, 0.1) is 5.92 Å². The number of piperidine rings is 1. The van der Waals surface area contributed by atoms with E-state index in [0.717, 1.165) is 36.1 Å². The molecule has 1 fully saturated rings. The second kappa shape index (κ2) is 8.09. The fraction of sp³-hybridized carbons (Fsp3) is 0.524. The molecule has 0 unspecified atom stereocenters. The maximum absolute atomic E-state index is 12.3. The molecule has 0 saturated carbocycles. The molecule has 0 spiro atoms. The van der Waals surface area contributed by atoms with E-state index in [1.807, 2.05) is 17.5 Å². The molecule has 1 atom stereocenters. The Bertz CT molecular complexity index is 835. The summed E-state index contributed by atoms with van der Waals surface area (Å²) in [5, 5.41) is 17.6. The van der Waals surface area contributed by atoms with Gasteiger partial charge in [0.05, 0.1) is 17.0 Å². The van der Waals surface area contributed by atoms with Gasteiger partial charge >= 0.3 is 0 Å². The molecule has 2 aromatic heterocycles. The van der Waals surface area contributed by atoms with E-state index in [1.54, 1.807) is 23.5 Å². The standard InChI is InChI=1S/C21H27N3O2S/c25-20-9-8-18(19-7-4-14-27-19)22-24(20)16-21(26)10-12-23(13-11-21)15-17-5-2-1-3-6-17/h1-2,4,7-9,14,17,26H,3,5-6,10-13,15-16H2/t17-/m0/s1. The number of hydrogen-bond donors (Lipinski definition) is 1. The van der Waals surface area contributed by atoms with E-state index in [-0.39, 0.29) is 12.1 Å². The maximum atomic E-state index is 12.3. The number of aliphatic hydroxyl groups is 1. The van der Waals surface area contributed by atoms with Crippen LogP contribution in [0.4, 0.5) is 0 Å². The molecular formula is C21H27N3O2S. The van der Waals surface area contributed by atoms with E-state index >= 15 is 0 Å². The number of rotatable bonds is 5. The smallest absolute Gasteiger partial charge is 0.266 e. The van der Waals surface area contributed by atoms with Gasteiger partial charge in [-0.1, -0.05) is 18.2 Å². The van der Waals surface area contributed by atoms with Crippen LogP contribution in [0.2, 0.25) is 0 Å². The summed E-state index contributed by atoms with van der Waals surface area (Å²) in [4.78, 5) is 15.8. The quantitative estimate of drug-likeness (QED) is 0.804. The van der Waals surface area contributed by atoms with E-state index in [0.29, 0.717) is 12.8 Å². The van der Waals surface area contributed by atoms with Crippen LogP contribution in [0.25, 0.3) is 10.6 Å². The molecule has 3 heterocycles. The Hall–Kier alpha value is -1.76. The lowest BCUT2D eigenvalue weighted by Crippen LogP contribution is -2.49. The molecule has 5 nitrogen and oxygen atoms in total. The SMILES string of the molecule is O=c1ccc(-c2cccs2)nn1CC1(O)CCN(C[C@H]2CC=CCC2)CC1. The van der Waals surface area contributed by atoms with Gasteiger partial charge in [-0.05, 0) is 55.5 Å². The predicted molar refractivity (Wildman–Crippen MR) is 109 cm³/mol. The molecule has 4 rings (SSSR count). The number of likely N-dealkylation sites (tertiary alicyclic amines) is 1. The molecule has 1 aliphatic carbocycles. The summed E-state index contributed by atoms with van der Waals surface area (Å²) in [6.45, 7) is 3.16. The van der Waals surface area contributed by atoms with Crippen LogP contribution in [-0.4, -0.2) is 45.0 Å². The molecule has 6 heteroatoms. The Kier molecular flexibility index (Phi) is 5.57. The molecular weight excluding hydrogens is 358 g/mol. The lowest BCUT2D eigenvalue weighted by Gasteiger charge is -2.39. The van der Waals surface area contributed by atoms with Gasteiger partial charge in [0, 0.05) is 25.7 Å². The molecule has 0 bridgehead atoms. The molecule has 2 aromatic rings. The second-order valence-corrected chi connectivity index (χ2v) is 8.81. The molecule has 0 amide bonds. The van der Waals surface area contributed by atoms with Gasteiger partial charge in [-0.3, -0.25) is 4.79 Å². The Labute approximate surface area is 164 Å². The molecule has 144 valence electrons. The van der Waals surface area contributed by atoms with Gasteiger partial charge in [-0.2, -0.15) is 5.10 Å². The van der Waals surface area contributed by atoms with Crippen molar-refractivity contribution in [1.82, 2.24) is 14.7 Å². The summed E-state index contributed by atoms with van der Waals surface area (Å²) in [7, 11) is 0. The highest BCUT2D eigenvalue weighted by Gasteiger charge is 2.34. The van der Waals surface area contributed by atoms with Gasteiger partial charge in [0.25, 0.3) is 5.56 Å². The third kappa shape index (κ3) is 4.57. The molecule has 1 saturated heterocycles. The lowest BCUT2D eigenvalue weighted by molar-refractivity contribution is -0.0399. The van der Waals surface area contributed by atoms with E-state index in [2.05, 4.69) is 22.2 Å². The third-order valence-electron chi connectivity index (χ3n) is 5.77. The van der Waals surface area contributed by atoms with Crippen LogP contribution >= 0.6 is 11.3 Å². The monoisotopic (exact) mass is 385 g/mol. The minimum atomic E-state index is -0.853. The first-order valence-corrected chi connectivity index (χ1v) is 10.7. The third-order valence-corrected chi connectivity index (χ3v) is 6.66. The zero-order chi connectivity index (χ0) is 18.7. The van der Waals surface area contributed by atoms with E-state index in [9.17, 15) is 9.90 Å². The number of nitrogens with zero attached hydrogens (tertiary/aromatic N) is 3. The van der Waals surface area contributed by atoms with Crippen molar-refractivity contribution >= 4 is 11.3 Å². The van der Waals surface area contributed by atoms with Crippen LogP contribution in [0.5, 0.6) is 0 Å². The van der Waals surface area contributed by atoms with Crippen molar-refractivity contribution in [3.63, 3.8) is 0 Å². The van der Waals surface area contributed by atoms with Crippen LogP contribution < -0.4 is 5.56 Å². The highest BCUT2D eigenvalue weighted by Crippen LogP contribution is 2.27. The van der Waals surface area contributed by atoms with Gasteiger partial charge < -0.3 is 10.0 Å². The van der Waals surface area contributed by atoms with Crippen molar-refractivity contribution in [3.8, 4) is 10.6 Å². The summed E-state index contributed by atoms with van der Waals surface area (Å²) < 4.78 is 1.44. The molecule has 0 radical (unpaired) electrons. The Morgan fingerprint density at radius 1 is 1.22 bits per heavy atom. The second-order valence-electron chi connectivity index (χ2n) is 7.87. The number of hydrogen-bond acceptors (Lipinski definition) is 5. The number of thiophene rings is 1. The fourth-order valence-corrected chi connectivity index (χ4v) is 4.78. The van der Waals surface area contributed by atoms with Crippen molar-refractivity contribution in [2.45, 2.75) is 44.2 Å². The first kappa shape index (κ1) is 18.6. The average molecular weight is 386 g/mol. The van der Waals surface area contributed by atoms with Crippen molar-refractivity contribution < 1.29 is 5.11 Å². The predicted octanol–water partition coefficient (Wildman–Crippen LogP) is 3.16. The summed E-state index contributed by atoms with van der Waals surface area (Å²) in [5.74, 6) is 0.743. The first-order chi connectivity index (χ1) is 13.1. The molecule has 1 aliphatic heterocycles. The van der Waals surface area contributed by atoms with Gasteiger partial charge in [0.15, 0.2) is 0 Å². The van der Waals surface area contributed by atoms with Crippen LogP contribution in [0.3, 0.4) is 0 Å². The zero-order valence-corrected chi connectivity index (χ0v) is 16.4. The minimum Gasteiger partial charge on any atom is -0.388 e. The molecule has 1 N–H and O–H groups in total. The number of aromatic nitrogens is 2. The van der Waals surface area contributed by atoms with Gasteiger partial charge in [-0.15, -0.1) is 11.3 Å². The summed E-state index contributed by atoms with van der Waals surface area (Å²) in [5.41, 5.74) is -0.218. The minimum absolute atomic E-state index is 0.153. The fourth-order valence-electron chi connectivity index (χ4n) is 4.09. The van der Waals surface area contributed by atoms with E-state index in [4.69, 9.17) is 0 Å². The average Bonchev–Trinajstić information content (AvgIpc) is 3.21. The van der Waals surface area contributed by atoms with E-state index in [1.165, 1.54) is 23.9 Å². The first-order valence-electron chi connectivity index (χ1n) is 9.83. The molecule has 2 aliphatic rings. The zero-order valence-electron chi connectivity index (χ0n) is 15.6. The Morgan fingerprint density at radius 2 is 2.07 bits per heavy atom. The highest BCUT2D eigenvalue weighted by atomic mass is 32.1. The largest absolute Gasteiger partial charge is 0.388 e. The van der Waals surface area contributed by atoms with Crippen molar-refractivity contribution in [2.75, 3.05) is 19.6 Å². The lowest BCUT2D eigenvalue weighted by atomic mass is 9.89. The van der Waals surface area contributed by atoms with Crippen LogP contribution in [0.15, 0.2) is 46.6 Å². The molecule has 0 aromatic carbocycles. The Morgan fingerprint density at radius 3 is 2.78 bits per heavy atom. The highest BCUT2D eigenvalue weighted by molar-refractivity contribution is 7.13. The van der Waals surface area contributed by atoms with Crippen molar-refractivity contribution in [2.24, 2.45) is 5.92 Å². The summed E-state index contributed by atoms with van der Waals surface area (Å²) in [6.07, 6.45) is 9.59. The maximum Gasteiger partial charge on any atom is 0.266 e. The number of allylic oxidation sites excluding steroid dienone is 2. The van der Waals surface area contributed by atoms with Gasteiger partial charge in [0.2, 0.25) is 0 Å². The van der Waals surface area contributed by atoms with Crippen LogP contribution in [-0.2, 0) is 6.54 Å².